The van der Waals surface area contributed by atoms with Crippen molar-refractivity contribution in [1.82, 2.24) is 9.88 Å². The van der Waals surface area contributed by atoms with E-state index in [2.05, 4.69) is 22.1 Å². The van der Waals surface area contributed by atoms with E-state index >= 15 is 0 Å². The van der Waals surface area contributed by atoms with Crippen molar-refractivity contribution in [1.29, 1.82) is 0 Å². The topological polar surface area (TPSA) is 82.6 Å². The fourth-order valence-electron chi connectivity index (χ4n) is 6.32. The summed E-state index contributed by atoms with van der Waals surface area (Å²) in [5.74, 6) is -1.11. The van der Waals surface area contributed by atoms with Crippen LogP contribution >= 0.6 is 46.4 Å². The van der Waals surface area contributed by atoms with Gasteiger partial charge >= 0.3 is 0 Å². The Labute approximate surface area is 229 Å². The van der Waals surface area contributed by atoms with Gasteiger partial charge in [0, 0.05) is 34.2 Å². The van der Waals surface area contributed by atoms with Crippen LogP contribution in [0.25, 0.3) is 0 Å². The van der Waals surface area contributed by atoms with Gasteiger partial charge < -0.3 is 5.32 Å². The van der Waals surface area contributed by atoms with Gasteiger partial charge in [0.1, 0.15) is 11.0 Å². The average molecular weight is 570 g/mol. The van der Waals surface area contributed by atoms with Crippen LogP contribution in [0.4, 0.5) is 11.5 Å². The first-order chi connectivity index (χ1) is 17.0. The molecule has 1 aliphatic carbocycles. The van der Waals surface area contributed by atoms with Gasteiger partial charge in [-0.3, -0.25) is 19.3 Å². The summed E-state index contributed by atoms with van der Waals surface area (Å²) in [4.78, 5) is 45.2. The number of benzene rings is 1. The number of rotatable bonds is 6. The van der Waals surface area contributed by atoms with Crippen molar-refractivity contribution in [3.63, 3.8) is 0 Å². The molecule has 5 rings (SSSR count). The quantitative estimate of drug-likeness (QED) is 0.352. The van der Waals surface area contributed by atoms with Crippen molar-refractivity contribution in [2.45, 2.75) is 44.7 Å². The molecule has 3 heterocycles. The molecule has 1 N–H and O–H groups in total. The third-order valence-electron chi connectivity index (χ3n) is 8.37. The molecule has 4 unspecified atom stereocenters. The molecule has 11 heteroatoms. The van der Waals surface area contributed by atoms with E-state index in [9.17, 15) is 14.4 Å². The number of nitrogens with one attached hydrogen (secondary N) is 1. The van der Waals surface area contributed by atoms with Crippen LogP contribution in [0.1, 0.15) is 38.7 Å². The molecule has 2 saturated heterocycles. The zero-order chi connectivity index (χ0) is 26.0. The maximum absolute atomic E-state index is 14.1. The zero-order valence-electron chi connectivity index (χ0n) is 19.6. The lowest BCUT2D eigenvalue weighted by Crippen LogP contribution is -2.44. The van der Waals surface area contributed by atoms with Crippen LogP contribution in [-0.4, -0.2) is 41.2 Å². The maximum atomic E-state index is 14.1. The lowest BCUT2D eigenvalue weighted by molar-refractivity contribution is -0.126. The molecule has 0 radical (unpaired) electrons. The fourth-order valence-corrected chi connectivity index (χ4v) is 7.33. The van der Waals surface area contributed by atoms with E-state index in [1.807, 2.05) is 6.92 Å². The van der Waals surface area contributed by atoms with E-state index in [0.717, 1.165) is 36.3 Å². The van der Waals surface area contributed by atoms with Crippen molar-refractivity contribution in [2.75, 3.05) is 16.8 Å². The molecular weight excluding hydrogens is 546 g/mol. The van der Waals surface area contributed by atoms with Crippen LogP contribution in [-0.2, 0) is 19.9 Å². The number of imide groups is 1. The lowest BCUT2D eigenvalue weighted by atomic mass is 9.74. The van der Waals surface area contributed by atoms with E-state index in [4.69, 9.17) is 46.4 Å². The van der Waals surface area contributed by atoms with Crippen LogP contribution in [0.3, 0.4) is 0 Å². The minimum Gasteiger partial charge on any atom is -0.327 e. The van der Waals surface area contributed by atoms with Gasteiger partial charge in [-0.2, -0.15) is 0 Å². The monoisotopic (exact) mass is 568 g/mol. The fraction of sp³-hybridized carbons (Fsp3) is 0.440. The van der Waals surface area contributed by atoms with E-state index in [0.29, 0.717) is 28.6 Å². The number of hydrogen-bond donors (Lipinski definition) is 1. The Balaban J connectivity index is 1.62. The number of amides is 3. The smallest absolute Gasteiger partial charge is 0.239 e. The molecule has 1 saturated carbocycles. The molecule has 4 atom stereocenters. The Hall–Kier alpha value is -1.90. The third kappa shape index (κ3) is 4.00. The molecule has 1 spiro atoms. The molecule has 3 fully saturated rings. The first-order valence-electron chi connectivity index (χ1n) is 11.6. The Bertz CT molecular complexity index is 1250. The van der Waals surface area contributed by atoms with Crippen LogP contribution in [0.2, 0.25) is 20.2 Å². The van der Waals surface area contributed by atoms with E-state index in [1.54, 1.807) is 12.1 Å². The first kappa shape index (κ1) is 25.7. The SMILES string of the molecule is CC1C(C(=O)N(C=O)c2cc(Cl)cc(Cl)n2)C2CC3(CC3)CN2C1(C)c1cc(Cl)cc(Cl)c1NC=O. The van der Waals surface area contributed by atoms with E-state index in [-0.39, 0.29) is 39.3 Å². The van der Waals surface area contributed by atoms with Gasteiger partial charge in [0.25, 0.3) is 0 Å². The molecular formula is C25H24Cl4N4O3. The summed E-state index contributed by atoms with van der Waals surface area (Å²) >= 11 is 25.1. The molecule has 1 aromatic heterocycles. The van der Waals surface area contributed by atoms with Gasteiger partial charge in [-0.05, 0) is 61.3 Å². The third-order valence-corrected chi connectivity index (χ3v) is 9.29. The van der Waals surface area contributed by atoms with Gasteiger partial charge in [-0.15, -0.1) is 0 Å². The molecule has 36 heavy (non-hydrogen) atoms. The Morgan fingerprint density at radius 2 is 1.83 bits per heavy atom. The number of aromatic nitrogens is 1. The van der Waals surface area contributed by atoms with E-state index in [1.165, 1.54) is 12.1 Å². The summed E-state index contributed by atoms with van der Waals surface area (Å²) < 4.78 is 0. The van der Waals surface area contributed by atoms with E-state index < -0.39 is 11.5 Å². The molecule has 2 aromatic rings. The van der Waals surface area contributed by atoms with Crippen LogP contribution < -0.4 is 10.2 Å². The summed E-state index contributed by atoms with van der Waals surface area (Å²) in [5.41, 5.74) is 0.642. The molecule has 3 amide bonds. The van der Waals surface area contributed by atoms with Gasteiger partial charge in [0.15, 0.2) is 0 Å². The number of hydrogen-bond acceptors (Lipinski definition) is 5. The van der Waals surface area contributed by atoms with Gasteiger partial charge in [0.05, 0.1) is 16.6 Å². The standard InChI is InChI=1S/C25H24Cl4N4O3/c1-13-21(23(36)32(12-35)20-8-15(27)7-19(29)31-20)18-9-25(3-4-25)10-33(18)24(13,2)16-5-14(26)6-17(28)22(16)30-11-34/h5-8,11-13,18,21H,3-4,9-10H2,1-2H3,(H,30,34). The summed E-state index contributed by atoms with van der Waals surface area (Å²) in [7, 11) is 0. The highest BCUT2D eigenvalue weighted by atomic mass is 35.5. The van der Waals surface area contributed by atoms with Crippen molar-refractivity contribution in [3.05, 3.63) is 50.0 Å². The number of carbonyl (C=O) groups is 3. The van der Waals surface area contributed by atoms with Crippen LogP contribution in [0, 0.1) is 17.3 Å². The predicted octanol–water partition coefficient (Wildman–Crippen LogP) is 5.79. The van der Waals surface area contributed by atoms with Crippen molar-refractivity contribution < 1.29 is 14.4 Å². The normalized spacial score (nSPS) is 28.1. The Kier molecular flexibility index (Phi) is 6.53. The number of carbonyl (C=O) groups excluding carboxylic acids is 3. The van der Waals surface area contributed by atoms with Crippen LogP contribution in [0.15, 0.2) is 24.3 Å². The van der Waals surface area contributed by atoms with Gasteiger partial charge in [0.2, 0.25) is 18.7 Å². The Morgan fingerprint density at radius 3 is 2.44 bits per heavy atom. The highest BCUT2D eigenvalue weighted by molar-refractivity contribution is 6.37. The lowest BCUT2D eigenvalue weighted by Gasteiger charge is -2.40. The number of nitrogens with zero attached hydrogens (tertiary/aromatic N) is 3. The number of fused-ring (bicyclic) bond motifs is 1. The predicted molar refractivity (Wildman–Crippen MR) is 141 cm³/mol. The van der Waals surface area contributed by atoms with Crippen molar-refractivity contribution in [2.24, 2.45) is 17.3 Å². The number of pyridine rings is 1. The molecule has 1 aromatic carbocycles. The first-order valence-corrected chi connectivity index (χ1v) is 13.1. The number of anilines is 2. The Morgan fingerprint density at radius 1 is 1.14 bits per heavy atom. The average Bonchev–Trinajstić information content (AvgIpc) is 3.40. The number of halogens is 4. The summed E-state index contributed by atoms with van der Waals surface area (Å²) in [6.45, 7) is 4.84. The molecule has 3 aliphatic rings. The van der Waals surface area contributed by atoms with Crippen molar-refractivity contribution in [3.8, 4) is 0 Å². The summed E-state index contributed by atoms with van der Waals surface area (Å²) in [6, 6.07) is 6.13. The van der Waals surface area contributed by atoms with Gasteiger partial charge in [-0.1, -0.05) is 53.3 Å². The summed E-state index contributed by atoms with van der Waals surface area (Å²) in [6.07, 6.45) is 4.05. The second-order valence-corrected chi connectivity index (χ2v) is 11.9. The second kappa shape index (κ2) is 9.14. The molecule has 2 aliphatic heterocycles. The van der Waals surface area contributed by atoms with Crippen LogP contribution in [0.5, 0.6) is 0 Å². The second-order valence-electron chi connectivity index (χ2n) is 10.2. The molecule has 7 nitrogen and oxygen atoms in total. The summed E-state index contributed by atoms with van der Waals surface area (Å²) in [5, 5.41) is 3.84. The minimum atomic E-state index is -0.703. The zero-order valence-corrected chi connectivity index (χ0v) is 22.6. The maximum Gasteiger partial charge on any atom is 0.239 e. The molecule has 190 valence electrons. The highest BCUT2D eigenvalue weighted by Crippen LogP contribution is 2.64. The van der Waals surface area contributed by atoms with Gasteiger partial charge in [-0.25, -0.2) is 9.88 Å². The largest absolute Gasteiger partial charge is 0.327 e. The van der Waals surface area contributed by atoms with Crippen molar-refractivity contribution >= 4 is 76.6 Å². The minimum absolute atomic E-state index is 0.0769. The molecule has 0 bridgehead atoms. The highest BCUT2D eigenvalue weighted by Gasteiger charge is 2.66.